The third-order valence-corrected chi connectivity index (χ3v) is 4.13. The monoisotopic (exact) mass is 313 g/mol. The van der Waals surface area contributed by atoms with Gasteiger partial charge in [0, 0.05) is 25.0 Å². The molecule has 3 rings (SSSR count). The zero-order valence-electron chi connectivity index (χ0n) is 12.9. The molecule has 0 radical (unpaired) electrons. The van der Waals surface area contributed by atoms with Crippen molar-refractivity contribution in [3.63, 3.8) is 0 Å². The van der Waals surface area contributed by atoms with Crippen molar-refractivity contribution in [3.8, 4) is 0 Å². The first-order valence-corrected chi connectivity index (χ1v) is 7.71. The van der Waals surface area contributed by atoms with Crippen molar-refractivity contribution >= 4 is 11.9 Å². The van der Waals surface area contributed by atoms with E-state index in [4.69, 9.17) is 4.74 Å². The molecule has 1 saturated carbocycles. The summed E-state index contributed by atoms with van der Waals surface area (Å²) in [6, 6.07) is 8.50. The lowest BCUT2D eigenvalue weighted by Gasteiger charge is -2.20. The molecule has 1 amide bonds. The number of amides is 1. The number of nitrogens with zero attached hydrogens (tertiary/aromatic N) is 2. The third kappa shape index (κ3) is 3.26. The smallest absolute Gasteiger partial charge is 0.338 e. The molecule has 1 N–H and O–H groups in total. The lowest BCUT2D eigenvalue weighted by Crippen LogP contribution is -2.25. The topological polar surface area (TPSA) is 73.2 Å². The summed E-state index contributed by atoms with van der Waals surface area (Å²) < 4.78 is 7.52. The molecule has 1 aliphatic rings. The van der Waals surface area contributed by atoms with E-state index in [1.807, 2.05) is 16.9 Å². The second-order valence-corrected chi connectivity index (χ2v) is 5.59. The van der Waals surface area contributed by atoms with Crippen LogP contribution in [0.15, 0.2) is 42.7 Å². The van der Waals surface area contributed by atoms with E-state index in [0.717, 1.165) is 19.3 Å². The normalized spacial score (nSPS) is 20.2. The fourth-order valence-electron chi connectivity index (χ4n) is 2.96. The predicted octanol–water partition coefficient (Wildman–Crippen LogP) is 2.19. The summed E-state index contributed by atoms with van der Waals surface area (Å²) in [4.78, 5) is 24.1. The summed E-state index contributed by atoms with van der Waals surface area (Å²) in [6.45, 7) is 0. The van der Waals surface area contributed by atoms with Gasteiger partial charge in [-0.15, -0.1) is 0 Å². The summed E-state index contributed by atoms with van der Waals surface area (Å²) in [7, 11) is 1.56. The molecule has 0 spiro atoms. The quantitative estimate of drug-likeness (QED) is 0.878. The Bertz CT molecular complexity index is 697. The van der Waals surface area contributed by atoms with Crippen molar-refractivity contribution in [2.45, 2.75) is 31.4 Å². The number of rotatable bonds is 4. The van der Waals surface area contributed by atoms with Gasteiger partial charge in [-0.2, -0.15) is 5.10 Å². The molecular formula is C17H19N3O3. The fraction of sp³-hybridized carbons (Fsp3) is 0.353. The average Bonchev–Trinajstić information content (AvgIpc) is 3.25. The number of nitrogens with one attached hydrogen (secondary N) is 1. The van der Waals surface area contributed by atoms with Crippen LogP contribution in [0.1, 0.15) is 46.0 Å². The highest BCUT2D eigenvalue weighted by atomic mass is 16.5. The van der Waals surface area contributed by atoms with Gasteiger partial charge in [0.15, 0.2) is 0 Å². The average molecular weight is 313 g/mol. The molecule has 1 aromatic heterocycles. The van der Waals surface area contributed by atoms with E-state index in [2.05, 4.69) is 10.4 Å². The molecule has 1 aromatic carbocycles. The molecule has 0 aliphatic heterocycles. The van der Waals surface area contributed by atoms with Crippen LogP contribution in [0.3, 0.4) is 0 Å². The molecule has 6 heteroatoms. The molecule has 6 nitrogen and oxygen atoms in total. The van der Waals surface area contributed by atoms with Crippen molar-refractivity contribution < 1.29 is 14.3 Å². The van der Waals surface area contributed by atoms with Gasteiger partial charge >= 0.3 is 5.97 Å². The van der Waals surface area contributed by atoms with Crippen LogP contribution in [0.2, 0.25) is 0 Å². The molecule has 120 valence electrons. The van der Waals surface area contributed by atoms with E-state index < -0.39 is 5.97 Å². The minimum absolute atomic E-state index is 0.0797. The minimum atomic E-state index is -0.403. The van der Waals surface area contributed by atoms with Crippen LogP contribution in [0.4, 0.5) is 0 Å². The Balaban J connectivity index is 1.73. The number of benzene rings is 1. The van der Waals surface area contributed by atoms with E-state index in [9.17, 15) is 9.59 Å². The Morgan fingerprint density at radius 2 is 2.09 bits per heavy atom. The molecule has 0 unspecified atom stereocenters. The van der Waals surface area contributed by atoms with Crippen LogP contribution < -0.4 is 5.32 Å². The van der Waals surface area contributed by atoms with E-state index in [1.165, 1.54) is 0 Å². The number of carbonyl (C=O) groups is 2. The van der Waals surface area contributed by atoms with Crippen LogP contribution in [0.5, 0.6) is 0 Å². The van der Waals surface area contributed by atoms with Gasteiger partial charge in [-0.3, -0.25) is 9.48 Å². The summed E-state index contributed by atoms with van der Waals surface area (Å²) in [5.74, 6) is -0.630. The van der Waals surface area contributed by atoms with Crippen molar-refractivity contribution in [1.82, 2.24) is 15.1 Å². The second kappa shape index (κ2) is 6.64. The third-order valence-electron chi connectivity index (χ3n) is 4.13. The van der Waals surface area contributed by atoms with Gasteiger partial charge < -0.3 is 10.1 Å². The highest BCUT2D eigenvalue weighted by Gasteiger charge is 2.32. The molecule has 0 bridgehead atoms. The van der Waals surface area contributed by atoms with Crippen molar-refractivity contribution in [1.29, 1.82) is 0 Å². The maximum Gasteiger partial charge on any atom is 0.338 e. The van der Waals surface area contributed by atoms with Gasteiger partial charge in [0.25, 0.3) is 5.91 Å². The zero-order chi connectivity index (χ0) is 16.2. The second-order valence-electron chi connectivity index (χ2n) is 5.59. The summed E-state index contributed by atoms with van der Waals surface area (Å²) in [5, 5.41) is 6.79. The molecule has 1 aliphatic carbocycles. The van der Waals surface area contributed by atoms with Gasteiger partial charge in [0.2, 0.25) is 0 Å². The van der Waals surface area contributed by atoms with E-state index in [1.54, 1.807) is 37.5 Å². The number of aromatic nitrogens is 2. The Hall–Kier alpha value is -2.63. The number of ether oxygens (including phenoxy) is 1. The molecule has 1 fully saturated rings. The first-order chi connectivity index (χ1) is 11.2. The summed E-state index contributed by atoms with van der Waals surface area (Å²) in [5.41, 5.74) is 0.828. The molecule has 0 saturated heterocycles. The number of hydrogen-bond donors (Lipinski definition) is 1. The SMILES string of the molecule is CNC(=O)c1cccc(C(=O)O[C@@H]2CCC[C@H]2n2cccn2)c1. The number of esters is 1. The van der Waals surface area contributed by atoms with Crippen molar-refractivity contribution in [2.24, 2.45) is 0 Å². The molecule has 2 atom stereocenters. The van der Waals surface area contributed by atoms with Crippen LogP contribution >= 0.6 is 0 Å². The maximum atomic E-state index is 12.4. The van der Waals surface area contributed by atoms with Gasteiger partial charge in [-0.1, -0.05) is 6.07 Å². The number of hydrogen-bond acceptors (Lipinski definition) is 4. The lowest BCUT2D eigenvalue weighted by atomic mass is 10.1. The molecule has 2 aromatic rings. The summed E-state index contributed by atoms with van der Waals surface area (Å²) in [6.07, 6.45) is 6.20. The Kier molecular flexibility index (Phi) is 4.41. The Morgan fingerprint density at radius 1 is 1.26 bits per heavy atom. The highest BCUT2D eigenvalue weighted by Crippen LogP contribution is 2.32. The van der Waals surface area contributed by atoms with Crippen LogP contribution in [-0.2, 0) is 4.74 Å². The van der Waals surface area contributed by atoms with E-state index in [-0.39, 0.29) is 18.1 Å². The maximum absolute atomic E-state index is 12.4. The predicted molar refractivity (Wildman–Crippen MR) is 84.2 cm³/mol. The van der Waals surface area contributed by atoms with Gasteiger partial charge in [0.05, 0.1) is 11.6 Å². The molecular weight excluding hydrogens is 294 g/mol. The first kappa shape index (κ1) is 15.3. The molecule has 1 heterocycles. The van der Waals surface area contributed by atoms with E-state index >= 15 is 0 Å². The highest BCUT2D eigenvalue weighted by molar-refractivity contribution is 5.97. The van der Waals surface area contributed by atoms with Crippen LogP contribution in [0, 0.1) is 0 Å². The van der Waals surface area contributed by atoms with Crippen LogP contribution in [-0.4, -0.2) is 34.8 Å². The van der Waals surface area contributed by atoms with Crippen molar-refractivity contribution in [2.75, 3.05) is 7.05 Å². The Morgan fingerprint density at radius 3 is 2.83 bits per heavy atom. The van der Waals surface area contributed by atoms with Gasteiger partial charge in [-0.05, 0) is 43.5 Å². The standard InChI is InChI=1S/C17H19N3O3/c1-18-16(21)12-5-2-6-13(11-12)17(22)23-15-8-3-7-14(15)20-10-4-9-19-20/h2,4-6,9-11,14-15H,3,7-8H2,1H3,(H,18,21)/t14-,15-/m1/s1. The fourth-order valence-corrected chi connectivity index (χ4v) is 2.96. The van der Waals surface area contributed by atoms with Gasteiger partial charge in [-0.25, -0.2) is 4.79 Å². The lowest BCUT2D eigenvalue weighted by molar-refractivity contribution is 0.0210. The largest absolute Gasteiger partial charge is 0.457 e. The first-order valence-electron chi connectivity index (χ1n) is 7.71. The molecule has 23 heavy (non-hydrogen) atoms. The van der Waals surface area contributed by atoms with Crippen molar-refractivity contribution in [3.05, 3.63) is 53.9 Å². The zero-order valence-corrected chi connectivity index (χ0v) is 12.9. The number of carbonyl (C=O) groups excluding carboxylic acids is 2. The summed E-state index contributed by atoms with van der Waals surface area (Å²) >= 11 is 0. The minimum Gasteiger partial charge on any atom is -0.457 e. The van der Waals surface area contributed by atoms with Gasteiger partial charge in [0.1, 0.15) is 6.10 Å². The Labute approximate surface area is 134 Å². The van der Waals surface area contributed by atoms with Crippen LogP contribution in [0.25, 0.3) is 0 Å². The van der Waals surface area contributed by atoms with E-state index in [0.29, 0.717) is 11.1 Å².